The van der Waals surface area contributed by atoms with E-state index < -0.39 is 10.0 Å². The van der Waals surface area contributed by atoms with Crippen molar-refractivity contribution in [1.29, 1.82) is 0 Å². The Morgan fingerprint density at radius 1 is 1.00 bits per heavy atom. The quantitative estimate of drug-likeness (QED) is 0.660. The highest BCUT2D eigenvalue weighted by Gasteiger charge is 2.32. The number of benzene rings is 3. The van der Waals surface area contributed by atoms with Gasteiger partial charge in [0, 0.05) is 23.8 Å². The minimum absolute atomic E-state index is 0.0308. The molecule has 1 aliphatic rings. The fourth-order valence-corrected chi connectivity index (χ4v) is 4.94. The van der Waals surface area contributed by atoms with Crippen LogP contribution in [0.1, 0.15) is 28.4 Å². The summed E-state index contributed by atoms with van der Waals surface area (Å²) in [6.07, 6.45) is 1.25. The Kier molecular flexibility index (Phi) is 5.70. The molecule has 1 heterocycles. The molecule has 1 amide bonds. The summed E-state index contributed by atoms with van der Waals surface area (Å²) in [7, 11) is -3.61. The molecule has 0 unspecified atom stereocenters. The summed E-state index contributed by atoms with van der Waals surface area (Å²) in [5, 5.41) is 0. The first kappa shape index (κ1) is 20.3. The van der Waals surface area contributed by atoms with E-state index in [4.69, 9.17) is 0 Å². The highest BCUT2D eigenvalue weighted by molar-refractivity contribution is 7.89. The van der Waals surface area contributed by atoms with Crippen molar-refractivity contribution in [2.75, 3.05) is 11.4 Å². The maximum atomic E-state index is 13.0. The molecule has 5 nitrogen and oxygen atoms in total. The molecular formula is C24H24N2O3S. The lowest BCUT2D eigenvalue weighted by molar-refractivity contribution is 0.0981. The first-order chi connectivity index (χ1) is 14.5. The SMILES string of the molecule is C[C@H]1Cc2cc(S(=O)(=O)NCCc3ccccc3)ccc2N1C(=O)c1ccccc1. The third-order valence-electron chi connectivity index (χ3n) is 5.37. The number of carbonyl (C=O) groups is 1. The molecule has 3 aromatic carbocycles. The standard InChI is InChI=1S/C24H24N2O3S/c1-18-16-21-17-22(30(28,29)25-15-14-19-8-4-2-5-9-19)12-13-23(21)26(18)24(27)20-10-6-3-7-11-20/h2-13,17-18,25H,14-16H2,1H3/t18-/m0/s1. The van der Waals surface area contributed by atoms with Crippen LogP contribution in [0.3, 0.4) is 0 Å². The molecule has 1 atom stereocenters. The average molecular weight is 421 g/mol. The van der Waals surface area contributed by atoms with E-state index in [9.17, 15) is 13.2 Å². The number of hydrogen-bond acceptors (Lipinski definition) is 3. The van der Waals surface area contributed by atoms with Crippen LogP contribution in [0.25, 0.3) is 0 Å². The van der Waals surface area contributed by atoms with Crippen LogP contribution in [0, 0.1) is 0 Å². The molecular weight excluding hydrogens is 396 g/mol. The van der Waals surface area contributed by atoms with Crippen LogP contribution in [0.4, 0.5) is 5.69 Å². The zero-order valence-corrected chi connectivity index (χ0v) is 17.6. The fourth-order valence-electron chi connectivity index (χ4n) is 3.86. The Labute approximate surface area is 177 Å². The molecule has 30 heavy (non-hydrogen) atoms. The summed E-state index contributed by atoms with van der Waals surface area (Å²) in [6.45, 7) is 2.31. The Morgan fingerprint density at radius 2 is 1.67 bits per heavy atom. The largest absolute Gasteiger partial charge is 0.305 e. The number of nitrogens with one attached hydrogen (secondary N) is 1. The molecule has 0 aliphatic carbocycles. The van der Waals surface area contributed by atoms with Crippen molar-refractivity contribution in [3.8, 4) is 0 Å². The van der Waals surface area contributed by atoms with Gasteiger partial charge in [0.25, 0.3) is 5.91 Å². The molecule has 3 aromatic rings. The first-order valence-electron chi connectivity index (χ1n) is 10.0. The van der Waals surface area contributed by atoms with Gasteiger partial charge in [0.05, 0.1) is 4.90 Å². The molecule has 4 rings (SSSR count). The Balaban J connectivity index is 1.51. The van der Waals surface area contributed by atoms with E-state index in [0.717, 1.165) is 16.8 Å². The lowest BCUT2D eigenvalue weighted by Gasteiger charge is -2.23. The minimum atomic E-state index is -3.61. The molecule has 0 saturated heterocycles. The van der Waals surface area contributed by atoms with Crippen molar-refractivity contribution in [2.24, 2.45) is 0 Å². The Bertz CT molecular complexity index is 1150. The van der Waals surface area contributed by atoms with E-state index in [1.54, 1.807) is 35.2 Å². The highest BCUT2D eigenvalue weighted by atomic mass is 32.2. The second kappa shape index (κ2) is 8.42. The maximum absolute atomic E-state index is 13.0. The third kappa shape index (κ3) is 4.15. The Morgan fingerprint density at radius 3 is 2.37 bits per heavy atom. The van der Waals surface area contributed by atoms with Gasteiger partial charge in [0.15, 0.2) is 0 Å². The second-order valence-electron chi connectivity index (χ2n) is 7.52. The second-order valence-corrected chi connectivity index (χ2v) is 9.29. The van der Waals surface area contributed by atoms with Gasteiger partial charge in [-0.05, 0) is 61.2 Å². The molecule has 0 saturated carbocycles. The van der Waals surface area contributed by atoms with Crippen molar-refractivity contribution in [3.63, 3.8) is 0 Å². The van der Waals surface area contributed by atoms with Crippen molar-refractivity contribution in [1.82, 2.24) is 4.72 Å². The molecule has 0 fully saturated rings. The number of nitrogens with zero attached hydrogens (tertiary/aromatic N) is 1. The van der Waals surface area contributed by atoms with E-state index in [-0.39, 0.29) is 16.8 Å². The van der Waals surface area contributed by atoms with E-state index in [1.807, 2.05) is 55.5 Å². The summed E-state index contributed by atoms with van der Waals surface area (Å²) >= 11 is 0. The van der Waals surface area contributed by atoms with Crippen molar-refractivity contribution < 1.29 is 13.2 Å². The van der Waals surface area contributed by atoms with Crippen LogP contribution in [-0.2, 0) is 22.9 Å². The molecule has 154 valence electrons. The molecule has 0 spiro atoms. The van der Waals surface area contributed by atoms with Crippen LogP contribution in [-0.4, -0.2) is 26.9 Å². The van der Waals surface area contributed by atoms with Crippen LogP contribution >= 0.6 is 0 Å². The summed E-state index contributed by atoms with van der Waals surface area (Å²) in [4.78, 5) is 15.0. The third-order valence-corrected chi connectivity index (χ3v) is 6.82. The molecule has 1 N–H and O–H groups in total. The summed E-state index contributed by atoms with van der Waals surface area (Å²) in [5.74, 6) is -0.0709. The predicted octanol–water partition coefficient (Wildman–Crippen LogP) is 3.80. The van der Waals surface area contributed by atoms with Crippen molar-refractivity contribution in [2.45, 2.75) is 30.7 Å². The highest BCUT2D eigenvalue weighted by Crippen LogP contribution is 2.35. The smallest absolute Gasteiger partial charge is 0.258 e. The summed E-state index contributed by atoms with van der Waals surface area (Å²) in [5.41, 5.74) is 3.35. The number of sulfonamides is 1. The first-order valence-corrected chi connectivity index (χ1v) is 11.5. The van der Waals surface area contributed by atoms with Crippen LogP contribution in [0.2, 0.25) is 0 Å². The fraction of sp³-hybridized carbons (Fsp3) is 0.208. The lowest BCUT2D eigenvalue weighted by Crippen LogP contribution is -2.35. The number of amides is 1. The maximum Gasteiger partial charge on any atom is 0.258 e. The number of hydrogen-bond donors (Lipinski definition) is 1. The normalized spacial score (nSPS) is 15.8. The summed E-state index contributed by atoms with van der Waals surface area (Å²) in [6, 6.07) is 23.9. The van der Waals surface area contributed by atoms with Crippen LogP contribution in [0.15, 0.2) is 83.8 Å². The monoisotopic (exact) mass is 420 g/mol. The van der Waals surface area contributed by atoms with Gasteiger partial charge in [-0.2, -0.15) is 0 Å². The molecule has 1 aliphatic heterocycles. The van der Waals surface area contributed by atoms with E-state index >= 15 is 0 Å². The number of fused-ring (bicyclic) bond motifs is 1. The number of carbonyl (C=O) groups excluding carboxylic acids is 1. The number of anilines is 1. The van der Waals surface area contributed by atoms with Gasteiger partial charge < -0.3 is 4.90 Å². The van der Waals surface area contributed by atoms with Gasteiger partial charge >= 0.3 is 0 Å². The van der Waals surface area contributed by atoms with Gasteiger partial charge in [0.1, 0.15) is 0 Å². The van der Waals surface area contributed by atoms with Crippen molar-refractivity contribution >= 4 is 21.6 Å². The topological polar surface area (TPSA) is 66.5 Å². The van der Waals surface area contributed by atoms with Gasteiger partial charge in [-0.15, -0.1) is 0 Å². The minimum Gasteiger partial charge on any atom is -0.305 e. The zero-order chi connectivity index (χ0) is 21.1. The van der Waals surface area contributed by atoms with Gasteiger partial charge in [0.2, 0.25) is 10.0 Å². The van der Waals surface area contributed by atoms with Gasteiger partial charge in [-0.3, -0.25) is 4.79 Å². The van der Waals surface area contributed by atoms with E-state index in [2.05, 4.69) is 4.72 Å². The predicted molar refractivity (Wildman–Crippen MR) is 118 cm³/mol. The molecule has 6 heteroatoms. The average Bonchev–Trinajstić information content (AvgIpc) is 3.09. The van der Waals surface area contributed by atoms with Crippen molar-refractivity contribution in [3.05, 3.63) is 95.6 Å². The zero-order valence-electron chi connectivity index (χ0n) is 16.8. The van der Waals surface area contributed by atoms with E-state index in [0.29, 0.717) is 24.9 Å². The molecule has 0 bridgehead atoms. The lowest BCUT2D eigenvalue weighted by atomic mass is 10.1. The Hall–Kier alpha value is -2.96. The molecule has 0 radical (unpaired) electrons. The van der Waals surface area contributed by atoms with Gasteiger partial charge in [-0.1, -0.05) is 48.5 Å². The van der Waals surface area contributed by atoms with Gasteiger partial charge in [-0.25, -0.2) is 13.1 Å². The van der Waals surface area contributed by atoms with Crippen LogP contribution in [0.5, 0.6) is 0 Å². The summed E-state index contributed by atoms with van der Waals surface area (Å²) < 4.78 is 28.2. The molecule has 0 aromatic heterocycles. The van der Waals surface area contributed by atoms with Crippen LogP contribution < -0.4 is 9.62 Å². The number of rotatable bonds is 6. The van der Waals surface area contributed by atoms with E-state index in [1.165, 1.54) is 0 Å².